The summed E-state index contributed by atoms with van der Waals surface area (Å²) >= 11 is 0. The maximum Gasteiger partial charge on any atom is 0.0540 e. The van der Waals surface area contributed by atoms with E-state index in [9.17, 15) is 5.11 Å². The van der Waals surface area contributed by atoms with Crippen molar-refractivity contribution in [3.05, 3.63) is 0 Å². The molecular formula is C34H70O2. The van der Waals surface area contributed by atoms with E-state index in [4.69, 9.17) is 5.11 Å². The van der Waals surface area contributed by atoms with Crippen LogP contribution in [0.3, 0.4) is 0 Å². The molecular weight excluding hydrogens is 440 g/mol. The topological polar surface area (TPSA) is 40.5 Å². The minimum Gasteiger partial charge on any atom is -0.396 e. The van der Waals surface area contributed by atoms with E-state index in [0.29, 0.717) is 6.61 Å². The van der Waals surface area contributed by atoms with Gasteiger partial charge in [-0.1, -0.05) is 187 Å². The number of hydrogen-bond acceptors (Lipinski definition) is 2. The van der Waals surface area contributed by atoms with Crippen LogP contribution in [0.5, 0.6) is 0 Å². The maximum absolute atomic E-state index is 10.2. The summed E-state index contributed by atoms with van der Waals surface area (Å²) in [5.74, 6) is 0. The number of rotatable bonds is 32. The lowest BCUT2D eigenvalue weighted by Crippen LogP contribution is -2.05. The van der Waals surface area contributed by atoms with Gasteiger partial charge in [0.1, 0.15) is 0 Å². The molecule has 36 heavy (non-hydrogen) atoms. The van der Waals surface area contributed by atoms with Crippen LogP contribution in [0.1, 0.15) is 206 Å². The molecule has 0 spiro atoms. The van der Waals surface area contributed by atoms with Gasteiger partial charge in [-0.15, -0.1) is 0 Å². The SMILES string of the molecule is CCCCCCCCCCCCCCC(O)CCCCCCCCCCCCCCCCCCCO. The van der Waals surface area contributed by atoms with Gasteiger partial charge in [0.25, 0.3) is 0 Å². The van der Waals surface area contributed by atoms with Crippen LogP contribution >= 0.6 is 0 Å². The minimum atomic E-state index is -0.0422. The molecule has 0 aromatic heterocycles. The van der Waals surface area contributed by atoms with E-state index in [1.54, 1.807) is 0 Å². The number of hydrogen-bond donors (Lipinski definition) is 2. The second kappa shape index (κ2) is 32.9. The van der Waals surface area contributed by atoms with Crippen molar-refractivity contribution in [1.29, 1.82) is 0 Å². The van der Waals surface area contributed by atoms with Crippen LogP contribution in [-0.4, -0.2) is 22.9 Å². The fraction of sp³-hybridized carbons (Fsp3) is 1.00. The van der Waals surface area contributed by atoms with Gasteiger partial charge in [0.15, 0.2) is 0 Å². The molecule has 0 aliphatic heterocycles. The van der Waals surface area contributed by atoms with E-state index in [1.165, 1.54) is 180 Å². The predicted octanol–water partition coefficient (Wildman–Crippen LogP) is 11.5. The Morgan fingerprint density at radius 1 is 0.333 bits per heavy atom. The van der Waals surface area contributed by atoms with Gasteiger partial charge in [0.2, 0.25) is 0 Å². The Kier molecular flexibility index (Phi) is 32.9. The largest absolute Gasteiger partial charge is 0.396 e. The highest BCUT2D eigenvalue weighted by Gasteiger charge is 2.04. The zero-order chi connectivity index (χ0) is 26.2. The number of aliphatic hydroxyl groups excluding tert-OH is 2. The Morgan fingerprint density at radius 2 is 0.556 bits per heavy atom. The zero-order valence-electron chi connectivity index (χ0n) is 25.1. The average Bonchev–Trinajstić information content (AvgIpc) is 2.88. The standard InChI is InChI=1S/C34H70O2/c1-2-3-4-5-6-7-8-16-19-22-25-28-31-34(36)32-29-26-23-20-17-14-12-10-9-11-13-15-18-21-24-27-30-33-35/h34-36H,2-33H2,1H3. The fourth-order valence-corrected chi connectivity index (χ4v) is 5.51. The summed E-state index contributed by atoms with van der Waals surface area (Å²) in [4.78, 5) is 0. The molecule has 0 aromatic carbocycles. The predicted molar refractivity (Wildman–Crippen MR) is 162 cm³/mol. The highest BCUT2D eigenvalue weighted by atomic mass is 16.3. The van der Waals surface area contributed by atoms with E-state index >= 15 is 0 Å². The third-order valence-corrected chi connectivity index (χ3v) is 8.09. The quantitative estimate of drug-likeness (QED) is 0.0883. The molecule has 1 unspecified atom stereocenters. The van der Waals surface area contributed by atoms with Crippen LogP contribution in [0.15, 0.2) is 0 Å². The van der Waals surface area contributed by atoms with Gasteiger partial charge in [-0.3, -0.25) is 0 Å². The molecule has 0 rings (SSSR count). The molecule has 0 saturated heterocycles. The third-order valence-electron chi connectivity index (χ3n) is 8.09. The summed E-state index contributed by atoms with van der Waals surface area (Å²) < 4.78 is 0. The first kappa shape index (κ1) is 35.9. The number of unbranched alkanes of at least 4 members (excludes halogenated alkanes) is 27. The van der Waals surface area contributed by atoms with Crippen molar-refractivity contribution in [2.75, 3.05) is 6.61 Å². The van der Waals surface area contributed by atoms with Crippen LogP contribution in [0.2, 0.25) is 0 Å². The first-order chi connectivity index (χ1) is 17.8. The van der Waals surface area contributed by atoms with Crippen molar-refractivity contribution in [2.45, 2.75) is 212 Å². The van der Waals surface area contributed by atoms with Gasteiger partial charge in [0.05, 0.1) is 6.10 Å². The summed E-state index contributed by atoms with van der Waals surface area (Å²) in [5, 5.41) is 19.0. The molecule has 2 heteroatoms. The summed E-state index contributed by atoms with van der Waals surface area (Å²) in [5.41, 5.74) is 0. The normalized spacial score (nSPS) is 12.4. The second-order valence-electron chi connectivity index (χ2n) is 11.9. The Labute approximate surface area is 228 Å². The van der Waals surface area contributed by atoms with Gasteiger partial charge in [-0.2, -0.15) is 0 Å². The Morgan fingerprint density at radius 3 is 0.806 bits per heavy atom. The van der Waals surface area contributed by atoms with Gasteiger partial charge < -0.3 is 10.2 Å². The van der Waals surface area contributed by atoms with E-state index in [-0.39, 0.29) is 6.10 Å². The van der Waals surface area contributed by atoms with Crippen LogP contribution < -0.4 is 0 Å². The molecule has 0 amide bonds. The molecule has 0 heterocycles. The lowest BCUT2D eigenvalue weighted by Gasteiger charge is -2.10. The van der Waals surface area contributed by atoms with Crippen molar-refractivity contribution in [3.8, 4) is 0 Å². The van der Waals surface area contributed by atoms with Crippen molar-refractivity contribution in [1.82, 2.24) is 0 Å². The highest BCUT2D eigenvalue weighted by Crippen LogP contribution is 2.17. The zero-order valence-corrected chi connectivity index (χ0v) is 25.1. The first-order valence-corrected chi connectivity index (χ1v) is 17.1. The highest BCUT2D eigenvalue weighted by molar-refractivity contribution is 4.58. The maximum atomic E-state index is 10.2. The molecule has 218 valence electrons. The van der Waals surface area contributed by atoms with Gasteiger partial charge >= 0.3 is 0 Å². The van der Waals surface area contributed by atoms with Crippen molar-refractivity contribution in [2.24, 2.45) is 0 Å². The van der Waals surface area contributed by atoms with Gasteiger partial charge in [-0.05, 0) is 19.3 Å². The Hall–Kier alpha value is -0.0800. The van der Waals surface area contributed by atoms with Crippen LogP contribution in [-0.2, 0) is 0 Å². The second-order valence-corrected chi connectivity index (χ2v) is 11.9. The fourth-order valence-electron chi connectivity index (χ4n) is 5.51. The summed E-state index contributed by atoms with van der Waals surface area (Å²) in [6.45, 7) is 2.65. The van der Waals surface area contributed by atoms with E-state index in [1.807, 2.05) is 0 Å². The molecule has 1 atom stereocenters. The average molecular weight is 511 g/mol. The summed E-state index contributed by atoms with van der Waals surface area (Å²) in [6, 6.07) is 0. The lowest BCUT2D eigenvalue weighted by molar-refractivity contribution is 0.147. The molecule has 0 aromatic rings. The molecule has 0 bridgehead atoms. The van der Waals surface area contributed by atoms with Crippen molar-refractivity contribution >= 4 is 0 Å². The Bertz CT molecular complexity index is 370. The van der Waals surface area contributed by atoms with Crippen LogP contribution in [0.4, 0.5) is 0 Å². The van der Waals surface area contributed by atoms with E-state index < -0.39 is 0 Å². The summed E-state index contributed by atoms with van der Waals surface area (Å²) in [7, 11) is 0. The lowest BCUT2D eigenvalue weighted by atomic mass is 10.0. The van der Waals surface area contributed by atoms with Crippen LogP contribution in [0.25, 0.3) is 0 Å². The van der Waals surface area contributed by atoms with Gasteiger partial charge in [-0.25, -0.2) is 0 Å². The molecule has 0 radical (unpaired) electrons. The first-order valence-electron chi connectivity index (χ1n) is 17.1. The van der Waals surface area contributed by atoms with Crippen molar-refractivity contribution < 1.29 is 10.2 Å². The number of aliphatic hydroxyl groups is 2. The van der Waals surface area contributed by atoms with Crippen LogP contribution in [0, 0.1) is 0 Å². The monoisotopic (exact) mass is 511 g/mol. The molecule has 0 saturated carbocycles. The van der Waals surface area contributed by atoms with E-state index in [2.05, 4.69) is 6.92 Å². The molecule has 0 aliphatic carbocycles. The smallest absolute Gasteiger partial charge is 0.0540 e. The third kappa shape index (κ3) is 31.9. The molecule has 2 N–H and O–H groups in total. The van der Waals surface area contributed by atoms with Crippen molar-refractivity contribution in [3.63, 3.8) is 0 Å². The summed E-state index contributed by atoms with van der Waals surface area (Å²) in [6.07, 6.45) is 41.7. The molecule has 0 fully saturated rings. The minimum absolute atomic E-state index is 0.0422. The molecule has 0 aliphatic rings. The molecule has 2 nitrogen and oxygen atoms in total. The Balaban J connectivity index is 3.12. The van der Waals surface area contributed by atoms with E-state index in [0.717, 1.165) is 19.3 Å². The van der Waals surface area contributed by atoms with Gasteiger partial charge in [0, 0.05) is 6.61 Å².